The van der Waals surface area contributed by atoms with Crippen molar-refractivity contribution in [3.63, 3.8) is 0 Å². The lowest BCUT2D eigenvalue weighted by Gasteiger charge is -2.18. The fourth-order valence-electron chi connectivity index (χ4n) is 4.09. The average Bonchev–Trinajstić information content (AvgIpc) is 3.54. The lowest BCUT2D eigenvalue weighted by Crippen LogP contribution is -2.45. The molecule has 0 radical (unpaired) electrons. The Bertz CT molecular complexity index is 1070. The summed E-state index contributed by atoms with van der Waals surface area (Å²) < 4.78 is 24.5. The van der Waals surface area contributed by atoms with Gasteiger partial charge in [0.15, 0.2) is 0 Å². The van der Waals surface area contributed by atoms with E-state index in [1.54, 1.807) is 36.1 Å². The highest BCUT2D eigenvalue weighted by atomic mass is 16.6. The number of urea groups is 1. The summed E-state index contributed by atoms with van der Waals surface area (Å²) in [5, 5.41) is 14.1. The molecule has 2 N–H and O–H groups in total. The molecule has 0 unspecified atom stereocenters. The van der Waals surface area contributed by atoms with Crippen LogP contribution in [0.4, 0.5) is 10.5 Å². The van der Waals surface area contributed by atoms with Crippen molar-refractivity contribution in [3.05, 3.63) is 66.5 Å². The van der Waals surface area contributed by atoms with Crippen LogP contribution in [-0.2, 0) is 20.8 Å². The van der Waals surface area contributed by atoms with Crippen LogP contribution in [0.5, 0.6) is 11.5 Å². The molecule has 4 atom stereocenters. The van der Waals surface area contributed by atoms with Gasteiger partial charge in [0.25, 0.3) is 0 Å². The molecule has 172 valence electrons. The second-order valence-electron chi connectivity index (χ2n) is 7.93. The first kappa shape index (κ1) is 21.4. The first-order valence-electron chi connectivity index (χ1n) is 10.7. The zero-order valence-electron chi connectivity index (χ0n) is 18.1. The molecule has 10 heteroatoms. The lowest BCUT2D eigenvalue weighted by molar-refractivity contribution is 0.0622. The summed E-state index contributed by atoms with van der Waals surface area (Å²) in [6, 6.07) is 16.0. The monoisotopic (exact) mass is 451 g/mol. The minimum atomic E-state index is -0.323. The van der Waals surface area contributed by atoms with E-state index in [9.17, 15) is 4.79 Å². The van der Waals surface area contributed by atoms with Gasteiger partial charge in [-0.2, -0.15) is 0 Å². The third-order valence-electron chi connectivity index (χ3n) is 5.62. The third kappa shape index (κ3) is 4.82. The van der Waals surface area contributed by atoms with E-state index in [-0.39, 0.29) is 30.3 Å². The average molecular weight is 451 g/mol. The summed E-state index contributed by atoms with van der Waals surface area (Å²) in [6.07, 6.45) is 1.38. The molecular weight excluding hydrogens is 426 g/mol. The van der Waals surface area contributed by atoms with Crippen LogP contribution in [0.15, 0.2) is 60.8 Å². The normalized spacial score (nSPS) is 23.8. The highest BCUT2D eigenvalue weighted by molar-refractivity contribution is 5.89. The molecule has 2 amide bonds. The number of anilines is 1. The van der Waals surface area contributed by atoms with Gasteiger partial charge in [0.1, 0.15) is 35.4 Å². The molecule has 3 heterocycles. The highest BCUT2D eigenvalue weighted by Gasteiger charge is 2.49. The van der Waals surface area contributed by atoms with E-state index in [0.717, 1.165) is 11.4 Å². The molecule has 10 nitrogen and oxygen atoms in total. The molecule has 0 bridgehead atoms. The molecule has 2 aliphatic rings. The molecule has 33 heavy (non-hydrogen) atoms. The molecule has 0 spiro atoms. The van der Waals surface area contributed by atoms with E-state index in [2.05, 4.69) is 20.9 Å². The van der Waals surface area contributed by atoms with Crippen molar-refractivity contribution >= 4 is 11.7 Å². The summed E-state index contributed by atoms with van der Waals surface area (Å²) in [6.45, 7) is 1.20. The van der Waals surface area contributed by atoms with Gasteiger partial charge >= 0.3 is 6.03 Å². The summed E-state index contributed by atoms with van der Waals surface area (Å²) in [5.41, 5.74) is 1.40. The van der Waals surface area contributed by atoms with Gasteiger partial charge in [-0.05, 0) is 36.4 Å². The third-order valence-corrected chi connectivity index (χ3v) is 5.62. The number of ether oxygens (including phenoxy) is 4. The van der Waals surface area contributed by atoms with Crippen molar-refractivity contribution in [2.24, 2.45) is 0 Å². The molecule has 3 aromatic rings. The first-order valence-corrected chi connectivity index (χ1v) is 10.7. The van der Waals surface area contributed by atoms with E-state index in [0.29, 0.717) is 31.3 Å². The fraction of sp³-hybridized carbons (Fsp3) is 0.348. The number of amides is 2. The maximum absolute atomic E-state index is 12.6. The van der Waals surface area contributed by atoms with Crippen molar-refractivity contribution in [2.75, 3.05) is 25.6 Å². The van der Waals surface area contributed by atoms with Gasteiger partial charge in [0, 0.05) is 12.8 Å². The zero-order chi connectivity index (χ0) is 22.6. The molecule has 1 aromatic heterocycles. The number of carbonyl (C=O) groups is 1. The summed E-state index contributed by atoms with van der Waals surface area (Å²) in [7, 11) is 1.61. The van der Waals surface area contributed by atoms with Crippen LogP contribution in [0, 0.1) is 0 Å². The predicted molar refractivity (Wildman–Crippen MR) is 118 cm³/mol. The molecule has 5 rings (SSSR count). The van der Waals surface area contributed by atoms with Crippen molar-refractivity contribution in [3.8, 4) is 11.5 Å². The number of aromatic nitrogens is 3. The van der Waals surface area contributed by atoms with Crippen molar-refractivity contribution in [1.29, 1.82) is 0 Å². The fourth-order valence-corrected chi connectivity index (χ4v) is 4.09. The van der Waals surface area contributed by atoms with E-state index in [4.69, 9.17) is 18.9 Å². The van der Waals surface area contributed by atoms with Crippen molar-refractivity contribution in [2.45, 2.75) is 30.9 Å². The van der Waals surface area contributed by atoms with Gasteiger partial charge in [-0.1, -0.05) is 23.4 Å². The first-order chi connectivity index (χ1) is 16.2. The molecule has 2 fully saturated rings. The number of carbonyl (C=O) groups excluding carboxylic acids is 1. The second-order valence-corrected chi connectivity index (χ2v) is 7.93. The van der Waals surface area contributed by atoms with E-state index < -0.39 is 0 Å². The SMILES string of the molecule is COCc1cn([C@@H]2CO[C@@H]3[C@@H]2OC[C@@H]3NC(=O)Nc2ccc(Oc3ccccc3)cc2)nn1. The standard InChI is InChI=1S/C23H25N5O5/c1-30-12-16-11-28(27-26-16)20-14-32-21-19(13-31-22(20)21)25-23(29)24-15-7-9-18(10-8-15)33-17-5-3-2-4-6-17/h2-11,19-22H,12-14H2,1H3,(H2,24,25,29)/t19-,20+,21-,22+/m0/s1. The lowest BCUT2D eigenvalue weighted by atomic mass is 10.1. The molecule has 2 aromatic carbocycles. The Kier molecular flexibility index (Phi) is 6.20. The van der Waals surface area contributed by atoms with Crippen LogP contribution in [0.3, 0.4) is 0 Å². The number of methoxy groups -OCH3 is 1. The van der Waals surface area contributed by atoms with Gasteiger partial charge in [-0.3, -0.25) is 0 Å². The Balaban J connectivity index is 1.14. The quantitative estimate of drug-likeness (QED) is 0.569. The number of rotatable bonds is 7. The minimum Gasteiger partial charge on any atom is -0.457 e. The molecule has 0 aliphatic carbocycles. The number of nitrogens with one attached hydrogen (secondary N) is 2. The van der Waals surface area contributed by atoms with Crippen LogP contribution in [0.2, 0.25) is 0 Å². The maximum atomic E-state index is 12.6. The van der Waals surface area contributed by atoms with Crippen molar-refractivity contribution < 1.29 is 23.7 Å². The van der Waals surface area contributed by atoms with Crippen LogP contribution in [0.1, 0.15) is 11.7 Å². The number of nitrogens with zero attached hydrogens (tertiary/aromatic N) is 3. The van der Waals surface area contributed by atoms with Crippen LogP contribution >= 0.6 is 0 Å². The van der Waals surface area contributed by atoms with Crippen LogP contribution < -0.4 is 15.4 Å². The Morgan fingerprint density at radius 3 is 2.61 bits per heavy atom. The van der Waals surface area contributed by atoms with Crippen LogP contribution in [0.25, 0.3) is 0 Å². The highest BCUT2D eigenvalue weighted by Crippen LogP contribution is 2.34. The summed E-state index contributed by atoms with van der Waals surface area (Å²) >= 11 is 0. The minimum absolute atomic E-state index is 0.0971. The molecule has 0 saturated carbocycles. The van der Waals surface area contributed by atoms with E-state index >= 15 is 0 Å². The van der Waals surface area contributed by atoms with Crippen LogP contribution in [-0.4, -0.2) is 59.6 Å². The van der Waals surface area contributed by atoms with Gasteiger partial charge in [-0.25, -0.2) is 9.48 Å². The summed E-state index contributed by atoms with van der Waals surface area (Å²) in [4.78, 5) is 12.6. The smallest absolute Gasteiger partial charge is 0.319 e. The summed E-state index contributed by atoms with van der Waals surface area (Å²) in [5.74, 6) is 1.44. The molecule has 2 aliphatic heterocycles. The second kappa shape index (κ2) is 9.57. The van der Waals surface area contributed by atoms with Crippen molar-refractivity contribution in [1.82, 2.24) is 20.3 Å². The number of fused-ring (bicyclic) bond motifs is 1. The largest absolute Gasteiger partial charge is 0.457 e. The predicted octanol–water partition coefficient (Wildman–Crippen LogP) is 2.75. The van der Waals surface area contributed by atoms with E-state index in [1.807, 2.05) is 36.5 Å². The maximum Gasteiger partial charge on any atom is 0.319 e. The van der Waals surface area contributed by atoms with E-state index in [1.165, 1.54) is 0 Å². The Morgan fingerprint density at radius 1 is 1.06 bits per heavy atom. The topological polar surface area (TPSA) is 109 Å². The number of hydrogen-bond donors (Lipinski definition) is 2. The van der Waals surface area contributed by atoms with Gasteiger partial charge in [0.2, 0.25) is 0 Å². The molecule has 2 saturated heterocycles. The Morgan fingerprint density at radius 2 is 1.82 bits per heavy atom. The van der Waals surface area contributed by atoms with Gasteiger partial charge in [0.05, 0.1) is 32.1 Å². The molecular formula is C23H25N5O5. The van der Waals surface area contributed by atoms with Gasteiger partial charge in [-0.15, -0.1) is 5.10 Å². The Hall–Kier alpha value is -3.47. The number of para-hydroxylation sites is 1. The number of hydrogen-bond acceptors (Lipinski definition) is 7. The number of benzene rings is 2. The zero-order valence-corrected chi connectivity index (χ0v) is 18.1. The Labute approximate surface area is 190 Å². The van der Waals surface area contributed by atoms with Gasteiger partial charge < -0.3 is 29.6 Å².